The van der Waals surface area contributed by atoms with Gasteiger partial charge in [0.1, 0.15) is 13.2 Å². The van der Waals surface area contributed by atoms with Gasteiger partial charge in [0.15, 0.2) is 11.5 Å². The molecule has 134 valence electrons. The molecule has 0 aliphatic carbocycles. The molecule has 2 aromatic carbocycles. The zero-order valence-electron chi connectivity index (χ0n) is 14.8. The summed E-state index contributed by atoms with van der Waals surface area (Å²) in [5.41, 5.74) is 4.29. The number of anilines is 2. The molecule has 1 N–H and O–H groups in total. The van der Waals surface area contributed by atoms with Crippen LogP contribution in [-0.2, 0) is 11.2 Å². The van der Waals surface area contributed by atoms with Gasteiger partial charge < -0.3 is 19.7 Å². The van der Waals surface area contributed by atoms with Crippen LogP contribution in [0, 0.1) is 0 Å². The van der Waals surface area contributed by atoms with E-state index in [2.05, 4.69) is 29.3 Å². The van der Waals surface area contributed by atoms with Gasteiger partial charge in [0.25, 0.3) is 0 Å². The van der Waals surface area contributed by atoms with E-state index in [0.29, 0.717) is 13.2 Å². The fourth-order valence-corrected chi connectivity index (χ4v) is 3.37. The predicted octanol–water partition coefficient (Wildman–Crippen LogP) is 3.49. The van der Waals surface area contributed by atoms with Gasteiger partial charge in [0.2, 0.25) is 5.91 Å². The van der Waals surface area contributed by atoms with E-state index in [1.165, 1.54) is 17.3 Å². The number of nitrogens with one attached hydrogen (secondary N) is 1. The average molecular weight is 350 g/mol. The lowest BCUT2D eigenvalue weighted by molar-refractivity contribution is -0.111. The van der Waals surface area contributed by atoms with Crippen LogP contribution >= 0.6 is 0 Å². The Kier molecular flexibility index (Phi) is 4.52. The molecule has 0 bridgehead atoms. The Morgan fingerprint density at radius 1 is 1.15 bits per heavy atom. The Labute approximate surface area is 153 Å². The molecule has 0 atom stereocenters. The highest BCUT2D eigenvalue weighted by atomic mass is 16.6. The van der Waals surface area contributed by atoms with E-state index in [0.717, 1.165) is 42.3 Å². The largest absolute Gasteiger partial charge is 0.486 e. The second kappa shape index (κ2) is 7.12. The summed E-state index contributed by atoms with van der Waals surface area (Å²) in [5, 5.41) is 2.94. The molecule has 2 aliphatic rings. The molecule has 5 nitrogen and oxygen atoms in total. The van der Waals surface area contributed by atoms with Crippen molar-refractivity contribution in [1.82, 2.24) is 0 Å². The Hall–Kier alpha value is -2.95. The number of ether oxygens (including phenoxy) is 2. The minimum absolute atomic E-state index is 0.152. The van der Waals surface area contributed by atoms with Crippen LogP contribution in [0.5, 0.6) is 11.5 Å². The van der Waals surface area contributed by atoms with Crippen LogP contribution in [-0.4, -0.2) is 32.2 Å². The molecule has 0 fully saturated rings. The van der Waals surface area contributed by atoms with Gasteiger partial charge >= 0.3 is 0 Å². The Morgan fingerprint density at radius 3 is 2.85 bits per heavy atom. The average Bonchev–Trinajstić information content (AvgIpc) is 3.08. The van der Waals surface area contributed by atoms with E-state index >= 15 is 0 Å². The standard InChI is InChI=1S/C21H22N2O3/c1-2-23-10-9-16-5-6-17(14-18(16)23)22-21(24)8-4-15-3-7-19-20(13-15)26-12-11-25-19/h3-8,13-14H,2,9-12H2,1H3,(H,22,24)/b8-4+. The highest BCUT2D eigenvalue weighted by Gasteiger charge is 2.18. The third kappa shape index (κ3) is 3.38. The van der Waals surface area contributed by atoms with Gasteiger partial charge in [-0.25, -0.2) is 0 Å². The first-order chi connectivity index (χ1) is 12.7. The third-order valence-corrected chi connectivity index (χ3v) is 4.72. The fraction of sp³-hybridized carbons (Fsp3) is 0.286. The van der Waals surface area contributed by atoms with Crippen LogP contribution in [0.4, 0.5) is 11.4 Å². The van der Waals surface area contributed by atoms with Crippen molar-refractivity contribution in [1.29, 1.82) is 0 Å². The van der Waals surface area contributed by atoms with Crippen LogP contribution in [0.3, 0.4) is 0 Å². The van der Waals surface area contributed by atoms with Crippen molar-refractivity contribution < 1.29 is 14.3 Å². The molecule has 4 rings (SSSR count). The van der Waals surface area contributed by atoms with Gasteiger partial charge in [0, 0.05) is 30.5 Å². The molecule has 1 amide bonds. The summed E-state index contributed by atoms with van der Waals surface area (Å²) in [6, 6.07) is 11.8. The van der Waals surface area contributed by atoms with Crippen molar-refractivity contribution in [2.75, 3.05) is 36.5 Å². The van der Waals surface area contributed by atoms with Crippen molar-refractivity contribution in [3.05, 3.63) is 53.6 Å². The maximum Gasteiger partial charge on any atom is 0.248 e. The normalized spacial score (nSPS) is 15.2. The van der Waals surface area contributed by atoms with Crippen LogP contribution in [0.2, 0.25) is 0 Å². The lowest BCUT2D eigenvalue weighted by atomic mass is 10.1. The van der Waals surface area contributed by atoms with Crippen molar-refractivity contribution >= 4 is 23.4 Å². The summed E-state index contributed by atoms with van der Waals surface area (Å²) >= 11 is 0. The summed E-state index contributed by atoms with van der Waals surface area (Å²) in [4.78, 5) is 14.6. The molecule has 0 unspecified atom stereocenters. The van der Waals surface area contributed by atoms with Gasteiger partial charge in [-0.1, -0.05) is 12.1 Å². The molecule has 2 aromatic rings. The van der Waals surface area contributed by atoms with Gasteiger partial charge in [-0.2, -0.15) is 0 Å². The quantitative estimate of drug-likeness (QED) is 0.858. The highest BCUT2D eigenvalue weighted by Crippen LogP contribution is 2.32. The number of hydrogen-bond acceptors (Lipinski definition) is 4. The first-order valence-corrected chi connectivity index (χ1v) is 8.99. The molecular weight excluding hydrogens is 328 g/mol. The molecule has 0 spiro atoms. The van der Waals surface area contributed by atoms with E-state index in [-0.39, 0.29) is 5.91 Å². The molecule has 2 aliphatic heterocycles. The van der Waals surface area contributed by atoms with E-state index in [1.807, 2.05) is 24.3 Å². The van der Waals surface area contributed by atoms with Crippen molar-refractivity contribution in [2.45, 2.75) is 13.3 Å². The topological polar surface area (TPSA) is 50.8 Å². The van der Waals surface area contributed by atoms with Crippen LogP contribution < -0.4 is 19.7 Å². The molecule has 0 saturated heterocycles. The number of nitrogens with zero attached hydrogens (tertiary/aromatic N) is 1. The predicted molar refractivity (Wildman–Crippen MR) is 103 cm³/mol. The minimum Gasteiger partial charge on any atom is -0.486 e. The summed E-state index contributed by atoms with van der Waals surface area (Å²) in [7, 11) is 0. The van der Waals surface area contributed by atoms with Crippen LogP contribution in [0.1, 0.15) is 18.1 Å². The molecule has 26 heavy (non-hydrogen) atoms. The zero-order chi connectivity index (χ0) is 17.9. The number of likely N-dealkylation sites (N-methyl/N-ethyl adjacent to an activating group) is 1. The number of carbonyl (C=O) groups is 1. The third-order valence-electron chi connectivity index (χ3n) is 4.72. The first-order valence-electron chi connectivity index (χ1n) is 8.99. The molecule has 5 heteroatoms. The molecular formula is C21H22N2O3. The Balaban J connectivity index is 1.43. The number of hydrogen-bond donors (Lipinski definition) is 1. The van der Waals surface area contributed by atoms with Gasteiger partial charge in [0.05, 0.1) is 0 Å². The van der Waals surface area contributed by atoms with E-state index < -0.39 is 0 Å². The lowest BCUT2D eigenvalue weighted by Gasteiger charge is -2.18. The Morgan fingerprint density at radius 2 is 2.00 bits per heavy atom. The molecule has 2 heterocycles. The summed E-state index contributed by atoms with van der Waals surface area (Å²) < 4.78 is 11.1. The van der Waals surface area contributed by atoms with Crippen molar-refractivity contribution in [3.63, 3.8) is 0 Å². The summed E-state index contributed by atoms with van der Waals surface area (Å²) in [6.45, 7) is 5.30. The van der Waals surface area contributed by atoms with Crippen molar-refractivity contribution in [3.8, 4) is 11.5 Å². The SMILES string of the molecule is CCN1CCc2ccc(NC(=O)/C=C/c3ccc4c(c3)OCCO4)cc21. The summed E-state index contributed by atoms with van der Waals surface area (Å²) in [5.74, 6) is 1.31. The number of fused-ring (bicyclic) bond motifs is 2. The number of rotatable bonds is 4. The van der Waals surface area contributed by atoms with Crippen LogP contribution in [0.15, 0.2) is 42.5 Å². The number of benzene rings is 2. The molecule has 0 saturated carbocycles. The Bertz CT molecular complexity index is 860. The maximum absolute atomic E-state index is 12.3. The minimum atomic E-state index is -0.152. The van der Waals surface area contributed by atoms with E-state index in [9.17, 15) is 4.79 Å². The second-order valence-corrected chi connectivity index (χ2v) is 6.40. The highest BCUT2D eigenvalue weighted by molar-refractivity contribution is 6.02. The summed E-state index contributed by atoms with van der Waals surface area (Å²) in [6.07, 6.45) is 4.39. The molecule has 0 radical (unpaired) electrons. The van der Waals surface area contributed by atoms with Gasteiger partial charge in [-0.3, -0.25) is 4.79 Å². The monoisotopic (exact) mass is 350 g/mol. The number of amides is 1. The van der Waals surface area contributed by atoms with Crippen molar-refractivity contribution in [2.24, 2.45) is 0 Å². The van der Waals surface area contributed by atoms with Gasteiger partial charge in [-0.05, 0) is 54.8 Å². The fourth-order valence-electron chi connectivity index (χ4n) is 3.37. The smallest absolute Gasteiger partial charge is 0.248 e. The number of carbonyl (C=O) groups excluding carboxylic acids is 1. The zero-order valence-corrected chi connectivity index (χ0v) is 14.8. The first kappa shape index (κ1) is 16.5. The van der Waals surface area contributed by atoms with E-state index in [1.54, 1.807) is 6.08 Å². The molecule has 0 aromatic heterocycles. The van der Waals surface area contributed by atoms with Gasteiger partial charge in [-0.15, -0.1) is 0 Å². The maximum atomic E-state index is 12.3. The second-order valence-electron chi connectivity index (χ2n) is 6.40. The van der Waals surface area contributed by atoms with Crippen LogP contribution in [0.25, 0.3) is 6.08 Å². The van der Waals surface area contributed by atoms with E-state index in [4.69, 9.17) is 9.47 Å². The lowest BCUT2D eigenvalue weighted by Crippen LogP contribution is -2.19.